The van der Waals surface area contributed by atoms with Crippen molar-refractivity contribution in [3.63, 3.8) is 0 Å². The highest BCUT2D eigenvalue weighted by Crippen LogP contribution is 2.07. The minimum Gasteiger partial charge on any atom is -0.346 e. The van der Waals surface area contributed by atoms with Gasteiger partial charge in [0.05, 0.1) is 11.8 Å². The maximum absolute atomic E-state index is 11.6. The van der Waals surface area contributed by atoms with Gasteiger partial charge in [0.15, 0.2) is 0 Å². The molecule has 0 fully saturated rings. The molecule has 1 rings (SSSR count). The molecule has 78 valence electrons. The first-order valence-corrected chi connectivity index (χ1v) is 4.50. The van der Waals surface area contributed by atoms with Crippen molar-refractivity contribution in [1.29, 1.82) is 0 Å². The Bertz CT molecular complexity index is 303. The van der Waals surface area contributed by atoms with Crippen LogP contribution in [0.2, 0.25) is 0 Å². The molecule has 0 radical (unpaired) electrons. The van der Waals surface area contributed by atoms with E-state index in [2.05, 4.69) is 15.5 Å². The molecule has 4 N–H and O–H groups in total. The third-order valence-corrected chi connectivity index (χ3v) is 2.33. The molecule has 0 aliphatic rings. The van der Waals surface area contributed by atoms with E-state index in [1.807, 2.05) is 20.8 Å². The molecule has 5 nitrogen and oxygen atoms in total. The number of aromatic nitrogens is 2. The minimum atomic E-state index is -0.422. The van der Waals surface area contributed by atoms with Gasteiger partial charge in [0, 0.05) is 17.8 Å². The molecule has 1 heterocycles. The Balaban J connectivity index is 2.66. The summed E-state index contributed by atoms with van der Waals surface area (Å²) < 4.78 is 0. The number of aromatic amines is 1. The Morgan fingerprint density at radius 3 is 2.79 bits per heavy atom. The lowest BCUT2D eigenvalue weighted by atomic mass is 9.96. The van der Waals surface area contributed by atoms with Crippen LogP contribution in [0.5, 0.6) is 0 Å². The lowest BCUT2D eigenvalue weighted by Crippen LogP contribution is -2.54. The zero-order valence-electron chi connectivity index (χ0n) is 8.66. The van der Waals surface area contributed by atoms with Crippen LogP contribution in [0.1, 0.15) is 31.1 Å². The highest BCUT2D eigenvalue weighted by molar-refractivity contribution is 5.94. The maximum Gasteiger partial charge on any atom is 0.254 e. The molecule has 0 aliphatic heterocycles. The van der Waals surface area contributed by atoms with E-state index in [1.165, 1.54) is 6.20 Å². The van der Waals surface area contributed by atoms with Gasteiger partial charge in [-0.2, -0.15) is 5.10 Å². The van der Waals surface area contributed by atoms with Crippen molar-refractivity contribution in [3.8, 4) is 0 Å². The molecular weight excluding hydrogens is 180 g/mol. The van der Waals surface area contributed by atoms with Gasteiger partial charge < -0.3 is 11.1 Å². The first kappa shape index (κ1) is 10.7. The molecule has 14 heavy (non-hydrogen) atoms. The summed E-state index contributed by atoms with van der Waals surface area (Å²) >= 11 is 0. The normalized spacial score (nSPS) is 13.7. The van der Waals surface area contributed by atoms with Crippen molar-refractivity contribution in [2.24, 2.45) is 5.73 Å². The molecule has 0 spiro atoms. The lowest BCUT2D eigenvalue weighted by molar-refractivity contribution is 0.0903. The zero-order chi connectivity index (χ0) is 10.8. The van der Waals surface area contributed by atoms with Crippen molar-refractivity contribution < 1.29 is 4.79 Å². The fourth-order valence-electron chi connectivity index (χ4n) is 0.854. The fraction of sp³-hybridized carbons (Fsp3) is 0.556. The van der Waals surface area contributed by atoms with Crippen LogP contribution in [0.3, 0.4) is 0 Å². The van der Waals surface area contributed by atoms with Gasteiger partial charge in [-0.3, -0.25) is 9.89 Å². The van der Waals surface area contributed by atoms with Gasteiger partial charge in [0.25, 0.3) is 5.91 Å². The van der Waals surface area contributed by atoms with Crippen LogP contribution in [0.4, 0.5) is 0 Å². The number of H-pyrrole nitrogens is 1. The summed E-state index contributed by atoms with van der Waals surface area (Å²) in [5, 5.41) is 9.12. The number of carbonyl (C=O) groups is 1. The average Bonchev–Trinajstić information content (AvgIpc) is 2.54. The summed E-state index contributed by atoms with van der Waals surface area (Å²) in [6.07, 6.45) is 3.03. The van der Waals surface area contributed by atoms with Gasteiger partial charge in [0.2, 0.25) is 0 Å². The molecule has 0 bridgehead atoms. The number of rotatable bonds is 3. The van der Waals surface area contributed by atoms with Crippen LogP contribution in [0, 0.1) is 0 Å². The van der Waals surface area contributed by atoms with Gasteiger partial charge in [-0.05, 0) is 20.8 Å². The van der Waals surface area contributed by atoms with E-state index in [1.54, 1.807) is 6.20 Å². The Morgan fingerprint density at radius 1 is 1.71 bits per heavy atom. The molecule has 0 aliphatic carbocycles. The number of hydrogen-bond donors (Lipinski definition) is 3. The highest BCUT2D eigenvalue weighted by Gasteiger charge is 2.25. The standard InChI is InChI=1S/C9H16N4O/c1-6(10)9(2,3)13-8(14)7-4-11-12-5-7/h4-6H,10H2,1-3H3,(H,11,12)(H,13,14). The third kappa shape index (κ3) is 2.32. The topological polar surface area (TPSA) is 83.8 Å². The number of amides is 1. The molecule has 1 aromatic rings. The van der Waals surface area contributed by atoms with Gasteiger partial charge in [-0.25, -0.2) is 0 Å². The number of hydrogen-bond acceptors (Lipinski definition) is 3. The van der Waals surface area contributed by atoms with Gasteiger partial charge >= 0.3 is 0 Å². The Labute approximate surface area is 83.1 Å². The van der Waals surface area contributed by atoms with Crippen molar-refractivity contribution in [2.45, 2.75) is 32.4 Å². The lowest BCUT2D eigenvalue weighted by Gasteiger charge is -2.30. The summed E-state index contributed by atoms with van der Waals surface area (Å²) in [4.78, 5) is 11.6. The minimum absolute atomic E-state index is 0.113. The van der Waals surface area contributed by atoms with Crippen LogP contribution in [-0.2, 0) is 0 Å². The second kappa shape index (κ2) is 3.79. The van der Waals surface area contributed by atoms with E-state index in [0.717, 1.165) is 0 Å². The maximum atomic E-state index is 11.6. The molecule has 0 saturated heterocycles. The Kier molecular flexibility index (Phi) is 2.90. The van der Waals surface area contributed by atoms with Gasteiger partial charge in [-0.15, -0.1) is 0 Å². The molecular formula is C9H16N4O. The smallest absolute Gasteiger partial charge is 0.254 e. The monoisotopic (exact) mass is 196 g/mol. The van der Waals surface area contributed by atoms with Crippen molar-refractivity contribution in [3.05, 3.63) is 18.0 Å². The van der Waals surface area contributed by atoms with E-state index in [9.17, 15) is 4.79 Å². The van der Waals surface area contributed by atoms with E-state index in [4.69, 9.17) is 5.73 Å². The van der Waals surface area contributed by atoms with Crippen molar-refractivity contribution in [2.75, 3.05) is 0 Å². The second-order valence-corrected chi connectivity index (χ2v) is 3.95. The van der Waals surface area contributed by atoms with Gasteiger partial charge in [0.1, 0.15) is 0 Å². The molecule has 1 unspecified atom stereocenters. The summed E-state index contributed by atoms with van der Waals surface area (Å²) in [5.41, 5.74) is 5.82. The second-order valence-electron chi connectivity index (χ2n) is 3.95. The zero-order valence-corrected chi connectivity index (χ0v) is 8.66. The number of nitrogens with two attached hydrogens (primary N) is 1. The fourth-order valence-corrected chi connectivity index (χ4v) is 0.854. The molecule has 1 aromatic heterocycles. The van der Waals surface area contributed by atoms with E-state index in [0.29, 0.717) is 5.56 Å². The number of nitrogens with zero attached hydrogens (tertiary/aromatic N) is 1. The van der Waals surface area contributed by atoms with E-state index >= 15 is 0 Å². The van der Waals surface area contributed by atoms with Gasteiger partial charge in [-0.1, -0.05) is 0 Å². The number of carbonyl (C=O) groups excluding carboxylic acids is 1. The highest BCUT2D eigenvalue weighted by atomic mass is 16.1. The summed E-state index contributed by atoms with van der Waals surface area (Å²) in [7, 11) is 0. The van der Waals surface area contributed by atoms with Crippen molar-refractivity contribution in [1.82, 2.24) is 15.5 Å². The largest absolute Gasteiger partial charge is 0.346 e. The number of nitrogens with one attached hydrogen (secondary N) is 2. The summed E-state index contributed by atoms with van der Waals surface area (Å²) in [5.74, 6) is -0.166. The summed E-state index contributed by atoms with van der Waals surface area (Å²) in [6.45, 7) is 5.63. The van der Waals surface area contributed by atoms with E-state index < -0.39 is 5.54 Å². The molecule has 0 saturated carbocycles. The van der Waals surface area contributed by atoms with Crippen molar-refractivity contribution >= 4 is 5.91 Å². The SMILES string of the molecule is CC(N)C(C)(C)NC(=O)c1cn[nH]c1. The predicted octanol–water partition coefficient (Wildman–Crippen LogP) is 0.265. The first-order chi connectivity index (χ1) is 6.43. The van der Waals surface area contributed by atoms with Crippen LogP contribution in [0.15, 0.2) is 12.4 Å². The molecule has 0 aromatic carbocycles. The first-order valence-electron chi connectivity index (χ1n) is 4.50. The quantitative estimate of drug-likeness (QED) is 0.648. The molecule has 1 atom stereocenters. The Morgan fingerprint density at radius 2 is 2.36 bits per heavy atom. The van der Waals surface area contributed by atoms with Crippen LogP contribution in [0.25, 0.3) is 0 Å². The van der Waals surface area contributed by atoms with Crippen LogP contribution < -0.4 is 11.1 Å². The average molecular weight is 196 g/mol. The molecule has 5 heteroatoms. The Hall–Kier alpha value is -1.36. The third-order valence-electron chi connectivity index (χ3n) is 2.33. The molecule has 1 amide bonds. The van der Waals surface area contributed by atoms with E-state index in [-0.39, 0.29) is 11.9 Å². The van der Waals surface area contributed by atoms with Crippen LogP contribution >= 0.6 is 0 Å². The predicted molar refractivity (Wildman–Crippen MR) is 53.8 cm³/mol. The summed E-state index contributed by atoms with van der Waals surface area (Å²) in [6, 6.07) is -0.113. The van der Waals surface area contributed by atoms with Crippen LogP contribution in [-0.4, -0.2) is 27.7 Å².